The number of rotatable bonds is 40. The number of urea groups is 1. The van der Waals surface area contributed by atoms with Crippen LogP contribution in [0, 0.1) is 29.6 Å². The number of primary amides is 1. The fraction of sp³-hybridized carbons (Fsp3) is 0.581. The van der Waals surface area contributed by atoms with Crippen LogP contribution in [0.2, 0.25) is 0 Å². The van der Waals surface area contributed by atoms with Crippen LogP contribution in [0.4, 0.5) is 15.3 Å². The second kappa shape index (κ2) is 39.9. The number of likely N-dealkylation sites (tertiary alicyclic amines) is 1. The molecule has 566 valence electrons. The largest absolute Gasteiger partial charge is 0.445 e. The summed E-state index contributed by atoms with van der Waals surface area (Å²) in [5, 5.41) is 23.0. The zero-order chi connectivity index (χ0) is 75.8. The first kappa shape index (κ1) is 83.3. The summed E-state index contributed by atoms with van der Waals surface area (Å²) in [6, 6.07) is 16.2. The lowest BCUT2D eigenvalue weighted by atomic mass is 9.89. The van der Waals surface area contributed by atoms with Gasteiger partial charge in [0.25, 0.3) is 11.8 Å². The summed E-state index contributed by atoms with van der Waals surface area (Å²) in [4.78, 5) is 159. The summed E-state index contributed by atoms with van der Waals surface area (Å²) in [5.41, 5.74) is 7.64. The normalized spacial score (nSPS) is 18.5. The average Bonchev–Trinajstić information content (AvgIpc) is 1.10. The average molecular weight is 1450 g/mol. The molecule has 3 aromatic rings. The predicted molar refractivity (Wildman–Crippen MR) is 389 cm³/mol. The predicted octanol–water partition coefficient (Wildman–Crippen LogP) is 6.24. The van der Waals surface area contributed by atoms with E-state index in [0.29, 0.717) is 48.5 Å². The van der Waals surface area contributed by atoms with Crippen molar-refractivity contribution in [3.8, 4) is 0 Å². The molecular formula is C74H108N12O16S. The number of nitrogens with one attached hydrogen (secondary N) is 7. The number of carbonyl (C=O) groups is 11. The van der Waals surface area contributed by atoms with Crippen molar-refractivity contribution in [3.63, 3.8) is 0 Å². The zero-order valence-corrected chi connectivity index (χ0v) is 62.8. The van der Waals surface area contributed by atoms with Crippen LogP contribution in [0.1, 0.15) is 146 Å². The Morgan fingerprint density at radius 3 is 1.96 bits per heavy atom. The number of hydroxylamine groups is 2. The van der Waals surface area contributed by atoms with E-state index >= 15 is 0 Å². The second-order valence-corrected chi connectivity index (χ2v) is 29.1. The quantitative estimate of drug-likeness (QED) is 0.0231. The Kier molecular flexibility index (Phi) is 32.2. The lowest BCUT2D eigenvalue weighted by Crippen LogP contribution is -2.60. The van der Waals surface area contributed by atoms with Crippen LogP contribution in [-0.2, 0) is 70.4 Å². The molecule has 1 saturated heterocycles. The van der Waals surface area contributed by atoms with Gasteiger partial charge in [-0.25, -0.2) is 9.59 Å². The number of imide groups is 1. The van der Waals surface area contributed by atoms with Crippen molar-refractivity contribution in [3.05, 3.63) is 113 Å². The van der Waals surface area contributed by atoms with E-state index in [0.717, 1.165) is 5.56 Å². The van der Waals surface area contributed by atoms with E-state index < -0.39 is 130 Å². The van der Waals surface area contributed by atoms with Gasteiger partial charge in [-0.2, -0.15) is 0 Å². The smallest absolute Gasteiger partial charge is 0.410 e. The number of nitrogens with two attached hydrogens (primary N) is 1. The van der Waals surface area contributed by atoms with Crippen LogP contribution < -0.4 is 43.0 Å². The van der Waals surface area contributed by atoms with Gasteiger partial charge >= 0.3 is 12.1 Å². The molecule has 3 aromatic carbocycles. The Labute approximate surface area is 609 Å². The number of amides is 12. The van der Waals surface area contributed by atoms with Crippen molar-refractivity contribution in [2.45, 2.75) is 187 Å². The molecule has 1 unspecified atom stereocenters. The molecule has 29 heteroatoms. The van der Waals surface area contributed by atoms with Gasteiger partial charge in [0.15, 0.2) is 0 Å². The molecule has 3 heterocycles. The van der Waals surface area contributed by atoms with Crippen molar-refractivity contribution in [1.29, 1.82) is 0 Å². The fourth-order valence-electron chi connectivity index (χ4n) is 13.2. The molecule has 12 atom stereocenters. The van der Waals surface area contributed by atoms with Crippen molar-refractivity contribution < 1.29 is 76.5 Å². The molecule has 3 aliphatic rings. The molecule has 0 saturated carbocycles. The van der Waals surface area contributed by atoms with Crippen LogP contribution in [0.5, 0.6) is 0 Å². The van der Waals surface area contributed by atoms with Gasteiger partial charge in [0.05, 0.1) is 73.6 Å². The molecule has 0 radical (unpaired) electrons. The van der Waals surface area contributed by atoms with Crippen LogP contribution in [0.15, 0.2) is 90.5 Å². The van der Waals surface area contributed by atoms with Gasteiger partial charge in [0.2, 0.25) is 41.4 Å². The van der Waals surface area contributed by atoms with Crippen molar-refractivity contribution in [2.24, 2.45) is 35.3 Å². The Morgan fingerprint density at radius 2 is 1.38 bits per heavy atom. The van der Waals surface area contributed by atoms with Crippen LogP contribution in [-0.4, -0.2) is 206 Å². The number of ether oxygens (including phenoxy) is 4. The first-order valence-corrected chi connectivity index (χ1v) is 36.3. The molecule has 0 aromatic heterocycles. The van der Waals surface area contributed by atoms with Crippen molar-refractivity contribution in [1.82, 2.24) is 51.7 Å². The highest BCUT2D eigenvalue weighted by atomic mass is 32.2. The summed E-state index contributed by atoms with van der Waals surface area (Å²) < 4.78 is 23.5. The van der Waals surface area contributed by atoms with Gasteiger partial charge in [0, 0.05) is 59.7 Å². The highest BCUT2D eigenvalue weighted by Gasteiger charge is 2.46. The summed E-state index contributed by atoms with van der Waals surface area (Å²) in [6.07, 6.45) is 2.25. The molecular weight excluding hydrogens is 1340 g/mol. The minimum atomic E-state index is -1.15. The minimum absolute atomic E-state index is 0.0548. The first-order valence-electron chi connectivity index (χ1n) is 35.4. The Bertz CT molecular complexity index is 3370. The lowest BCUT2D eigenvalue weighted by molar-refractivity contribution is -0.148. The Balaban J connectivity index is 1.02. The molecule has 0 bridgehead atoms. The van der Waals surface area contributed by atoms with Gasteiger partial charge in [-0.05, 0) is 103 Å². The van der Waals surface area contributed by atoms with Crippen LogP contribution >= 0.6 is 11.8 Å². The third kappa shape index (κ3) is 22.9. The van der Waals surface area contributed by atoms with E-state index in [-0.39, 0.29) is 93.6 Å². The SMILES string of the molecule is CC[C@H](C)[C@@H]([C@@H](CC(=O)N1CCC[C@H]1[C@H](OC)[C@@H](C)C(=O)N[C@@H](Cc1ccccc1)C1(C)NC=CS1)OC)N(C)C(=O)[C@@H](NC(=O)[C@H](C(C)C)N(C)C(=O)OCc1ccc(NC(=O)[C@H](CCCNC(N)=O)NC(=O)[C@@H](NC(=O)CCOCCON2C(=O)c3ccccc3C2=O)C(C)C)cc1)C(C)C. The van der Waals surface area contributed by atoms with E-state index in [1.807, 2.05) is 76.6 Å². The molecule has 0 spiro atoms. The van der Waals surface area contributed by atoms with Gasteiger partial charge in [0.1, 0.15) is 35.6 Å². The molecule has 1 fully saturated rings. The van der Waals surface area contributed by atoms with E-state index in [4.69, 9.17) is 29.5 Å². The van der Waals surface area contributed by atoms with Crippen molar-refractivity contribution in [2.75, 3.05) is 66.5 Å². The van der Waals surface area contributed by atoms with E-state index in [2.05, 4.69) is 44.1 Å². The Morgan fingerprint density at radius 1 is 0.728 bits per heavy atom. The van der Waals surface area contributed by atoms with E-state index in [9.17, 15) is 52.7 Å². The third-order valence-corrected chi connectivity index (χ3v) is 20.4. The maximum Gasteiger partial charge on any atom is 0.410 e. The zero-order valence-electron chi connectivity index (χ0n) is 61.9. The van der Waals surface area contributed by atoms with Gasteiger partial charge in [-0.15, -0.1) is 16.8 Å². The summed E-state index contributed by atoms with van der Waals surface area (Å²) in [7, 11) is 6.17. The minimum Gasteiger partial charge on any atom is -0.445 e. The summed E-state index contributed by atoms with van der Waals surface area (Å²) in [5.74, 6) is -6.48. The topological polar surface area (TPSA) is 357 Å². The maximum atomic E-state index is 14.9. The highest BCUT2D eigenvalue weighted by molar-refractivity contribution is 8.03. The standard InChI is InChI=1S/C74H108N12O16S/c1-15-47(8)63(56(98-13)42-59(88)85-36-22-28-55(85)64(99-14)48(9)65(89)80-57(74(10)77-35-40-103-74)41-49-23-17-16-18-24-49)83(11)71(95)61(45(4)5)82-68(92)62(46(6)7)84(12)73(97)101-43-50-29-31-51(32-30-50)78-66(90)54(27-21-34-76-72(75)96)79-67(91)60(44(2)3)81-58(87)33-37-100-38-39-102-86-69(93)52-25-19-20-26-53(52)70(86)94/h16-20,23-26,29-32,35,40,44-48,54-57,60-64,77H,15,21-22,27-28,33-34,36-39,41-43H2,1-14H3,(H,78,90)(H,79,91)(H,80,89)(H,81,87)(H,82,92)(H3,75,76,96)/t47-,48+,54-,55-,56+,57-,60-,61-,62-,63-,64+,74?/m0/s1. The number of anilines is 1. The first-order chi connectivity index (χ1) is 49.0. The van der Waals surface area contributed by atoms with Crippen molar-refractivity contribution >= 4 is 82.7 Å². The monoisotopic (exact) mass is 1450 g/mol. The number of hydrogen-bond donors (Lipinski definition) is 8. The maximum absolute atomic E-state index is 14.9. The van der Waals surface area contributed by atoms with Gasteiger partial charge < -0.3 is 71.7 Å². The van der Waals surface area contributed by atoms with Crippen LogP contribution in [0.3, 0.4) is 0 Å². The third-order valence-electron chi connectivity index (χ3n) is 19.2. The van der Waals surface area contributed by atoms with E-state index in [1.165, 1.54) is 31.2 Å². The number of benzene rings is 3. The molecule has 3 aliphatic heterocycles. The number of likely N-dealkylation sites (N-methyl/N-ethyl adjacent to an activating group) is 2. The molecule has 0 aliphatic carbocycles. The number of thioether (sulfide) groups is 1. The summed E-state index contributed by atoms with van der Waals surface area (Å²) >= 11 is 1.61. The van der Waals surface area contributed by atoms with E-state index in [1.54, 1.807) is 99.8 Å². The highest BCUT2D eigenvalue weighted by Crippen LogP contribution is 2.35. The molecule has 12 amide bonds. The number of hydrogen-bond acceptors (Lipinski definition) is 18. The fourth-order valence-corrected chi connectivity index (χ4v) is 14.0. The number of methoxy groups -OCH3 is 2. The molecule has 9 N–H and O–H groups in total. The summed E-state index contributed by atoms with van der Waals surface area (Å²) in [6.45, 7) is 18.5. The van der Waals surface area contributed by atoms with Crippen LogP contribution in [0.25, 0.3) is 0 Å². The molecule has 6 rings (SSSR count). The number of fused-ring (bicyclic) bond motifs is 1. The lowest BCUT2D eigenvalue weighted by Gasteiger charge is -2.41. The second-order valence-electron chi connectivity index (χ2n) is 27.7. The molecule has 103 heavy (non-hydrogen) atoms. The number of carbonyl (C=O) groups excluding carboxylic acids is 11. The Hall–Kier alpha value is -8.64. The number of nitrogens with zero attached hydrogens (tertiary/aromatic N) is 4. The molecule has 28 nitrogen and oxygen atoms in total. The van der Waals surface area contributed by atoms with Gasteiger partial charge in [-0.1, -0.05) is 123 Å². The van der Waals surface area contributed by atoms with Gasteiger partial charge in [-0.3, -0.25) is 52.9 Å².